The predicted molar refractivity (Wildman–Crippen MR) is 246 cm³/mol. The predicted octanol–water partition coefficient (Wildman–Crippen LogP) is 13.8. The number of benzene rings is 8. The zero-order valence-corrected chi connectivity index (χ0v) is 32.4. The van der Waals surface area contributed by atoms with Crippen LogP contribution in [0.25, 0.3) is 112 Å². The summed E-state index contributed by atoms with van der Waals surface area (Å²) < 4.78 is 0. The van der Waals surface area contributed by atoms with Gasteiger partial charge in [-0.1, -0.05) is 194 Å². The van der Waals surface area contributed by atoms with Crippen LogP contribution in [0.15, 0.2) is 212 Å². The van der Waals surface area contributed by atoms with Crippen molar-refractivity contribution in [3.8, 4) is 78.8 Å². The van der Waals surface area contributed by atoms with Gasteiger partial charge in [0.1, 0.15) is 0 Å². The molecule has 0 saturated heterocycles. The largest absolute Gasteiger partial charge is 0.247 e. The summed E-state index contributed by atoms with van der Waals surface area (Å²) in [6, 6.07) is 72.9. The molecule has 0 spiro atoms. The Morgan fingerprint density at radius 3 is 1.40 bits per heavy atom. The van der Waals surface area contributed by atoms with Crippen molar-refractivity contribution >= 4 is 32.7 Å². The average molecular weight is 766 g/mol. The quantitative estimate of drug-likeness (QED) is 0.151. The van der Waals surface area contributed by atoms with E-state index in [9.17, 15) is 0 Å². The summed E-state index contributed by atoms with van der Waals surface area (Å²) in [4.78, 5) is 27.2. The number of hydrogen-bond donors (Lipinski definition) is 0. The topological polar surface area (TPSA) is 64.5 Å². The first-order chi connectivity index (χ1) is 29.8. The zero-order chi connectivity index (χ0) is 39.8. The first kappa shape index (κ1) is 35.0. The Bertz CT molecular complexity index is 3280. The second-order valence-corrected chi connectivity index (χ2v) is 14.8. The molecule has 0 aliphatic rings. The molecular weight excluding hydrogens is 731 g/mol. The first-order valence-electron chi connectivity index (χ1n) is 20.1. The molecule has 0 saturated carbocycles. The van der Waals surface area contributed by atoms with Crippen LogP contribution in [0.4, 0.5) is 0 Å². The normalized spacial score (nSPS) is 11.3. The molecule has 0 fully saturated rings. The molecule has 5 heteroatoms. The van der Waals surface area contributed by atoms with Crippen molar-refractivity contribution in [3.63, 3.8) is 0 Å². The molecule has 60 heavy (non-hydrogen) atoms. The molecule has 0 amide bonds. The van der Waals surface area contributed by atoms with E-state index >= 15 is 0 Å². The van der Waals surface area contributed by atoms with Crippen LogP contribution in [-0.4, -0.2) is 24.9 Å². The molecule has 0 aliphatic carbocycles. The molecule has 3 aromatic heterocycles. The minimum absolute atomic E-state index is 0.654. The van der Waals surface area contributed by atoms with Gasteiger partial charge >= 0.3 is 0 Å². The second-order valence-electron chi connectivity index (χ2n) is 14.8. The van der Waals surface area contributed by atoms with E-state index < -0.39 is 0 Å². The van der Waals surface area contributed by atoms with Crippen molar-refractivity contribution in [2.75, 3.05) is 0 Å². The van der Waals surface area contributed by atoms with E-state index in [1.54, 1.807) is 0 Å². The van der Waals surface area contributed by atoms with Gasteiger partial charge in [0.15, 0.2) is 5.82 Å². The highest BCUT2D eigenvalue weighted by atomic mass is 14.9. The summed E-state index contributed by atoms with van der Waals surface area (Å²) in [6.07, 6.45) is 0. The lowest BCUT2D eigenvalue weighted by Crippen LogP contribution is -2.01. The molecule has 0 bridgehead atoms. The van der Waals surface area contributed by atoms with Gasteiger partial charge in [-0.2, -0.15) is 0 Å². The van der Waals surface area contributed by atoms with Gasteiger partial charge in [0.05, 0.1) is 45.0 Å². The van der Waals surface area contributed by atoms with Crippen molar-refractivity contribution in [1.29, 1.82) is 0 Å². The number of rotatable bonds is 7. The maximum Gasteiger partial charge on any atom is 0.160 e. The number of hydrogen-bond acceptors (Lipinski definition) is 5. The van der Waals surface area contributed by atoms with Gasteiger partial charge in [0, 0.05) is 49.5 Å². The lowest BCUT2D eigenvalue weighted by Gasteiger charge is -2.19. The third-order valence-corrected chi connectivity index (χ3v) is 11.1. The molecule has 11 rings (SSSR count). The monoisotopic (exact) mass is 765 g/mol. The Hall–Kier alpha value is -8.15. The molecule has 0 aliphatic heterocycles. The van der Waals surface area contributed by atoms with Gasteiger partial charge in [0.2, 0.25) is 0 Å². The van der Waals surface area contributed by atoms with Crippen LogP contribution in [0.1, 0.15) is 0 Å². The fourth-order valence-corrected chi connectivity index (χ4v) is 8.27. The summed E-state index contributed by atoms with van der Waals surface area (Å²) in [7, 11) is 0. The van der Waals surface area contributed by atoms with Gasteiger partial charge < -0.3 is 0 Å². The minimum atomic E-state index is 0.654. The summed E-state index contributed by atoms with van der Waals surface area (Å²) in [5, 5.41) is 3.05. The summed E-state index contributed by atoms with van der Waals surface area (Å²) in [5.41, 5.74) is 14.5. The summed E-state index contributed by atoms with van der Waals surface area (Å²) in [6.45, 7) is 0. The number of para-hydroxylation sites is 1. The Balaban J connectivity index is 1.28. The van der Waals surface area contributed by atoms with Crippen molar-refractivity contribution in [1.82, 2.24) is 24.9 Å². The number of aromatic nitrogens is 5. The smallest absolute Gasteiger partial charge is 0.160 e. The van der Waals surface area contributed by atoms with Crippen LogP contribution in [0.2, 0.25) is 0 Å². The number of pyridine rings is 1. The molecule has 3 heterocycles. The molecule has 0 radical (unpaired) electrons. The minimum Gasteiger partial charge on any atom is -0.247 e. The maximum atomic E-state index is 5.66. The van der Waals surface area contributed by atoms with E-state index in [0.717, 1.165) is 106 Å². The van der Waals surface area contributed by atoms with Gasteiger partial charge in [-0.15, -0.1) is 0 Å². The maximum absolute atomic E-state index is 5.66. The highest BCUT2D eigenvalue weighted by molar-refractivity contribution is 6.25. The van der Waals surface area contributed by atoms with Crippen LogP contribution < -0.4 is 0 Å². The second kappa shape index (κ2) is 15.0. The van der Waals surface area contributed by atoms with E-state index in [1.807, 2.05) is 48.5 Å². The Morgan fingerprint density at radius 1 is 0.267 bits per heavy atom. The zero-order valence-electron chi connectivity index (χ0n) is 32.4. The van der Waals surface area contributed by atoms with E-state index in [1.165, 1.54) is 0 Å². The molecule has 11 aromatic rings. The van der Waals surface area contributed by atoms with E-state index in [4.69, 9.17) is 24.9 Å². The van der Waals surface area contributed by atoms with Crippen LogP contribution in [0.5, 0.6) is 0 Å². The van der Waals surface area contributed by atoms with Crippen LogP contribution in [0, 0.1) is 0 Å². The summed E-state index contributed by atoms with van der Waals surface area (Å²) >= 11 is 0. The number of nitrogens with zero attached hydrogens (tertiary/aromatic N) is 5. The molecule has 280 valence electrons. The third kappa shape index (κ3) is 6.26. The number of fused-ring (bicyclic) bond motifs is 5. The Kier molecular flexibility index (Phi) is 8.75. The lowest BCUT2D eigenvalue weighted by molar-refractivity contribution is 1.18. The van der Waals surface area contributed by atoms with E-state index in [-0.39, 0.29) is 0 Å². The fourth-order valence-electron chi connectivity index (χ4n) is 8.27. The van der Waals surface area contributed by atoms with Crippen molar-refractivity contribution in [2.24, 2.45) is 0 Å². The molecule has 8 aromatic carbocycles. The molecule has 0 atom stereocenters. The molecular formula is C55H35N5. The van der Waals surface area contributed by atoms with Crippen LogP contribution in [0.3, 0.4) is 0 Å². The first-order valence-corrected chi connectivity index (χ1v) is 20.1. The van der Waals surface area contributed by atoms with Gasteiger partial charge in [0.25, 0.3) is 0 Å². The highest BCUT2D eigenvalue weighted by Crippen LogP contribution is 2.45. The van der Waals surface area contributed by atoms with Crippen molar-refractivity contribution in [3.05, 3.63) is 212 Å². The summed E-state index contributed by atoms with van der Waals surface area (Å²) in [5.74, 6) is 0.654. The van der Waals surface area contributed by atoms with E-state index in [0.29, 0.717) is 5.82 Å². The molecule has 0 unspecified atom stereocenters. The Labute approximate surface area is 347 Å². The van der Waals surface area contributed by atoms with Crippen LogP contribution >= 0.6 is 0 Å². The molecule has 5 nitrogen and oxygen atoms in total. The highest BCUT2D eigenvalue weighted by Gasteiger charge is 2.24. The van der Waals surface area contributed by atoms with Crippen molar-refractivity contribution in [2.45, 2.75) is 0 Å². The third-order valence-electron chi connectivity index (χ3n) is 11.1. The molecule has 0 N–H and O–H groups in total. The lowest BCUT2D eigenvalue weighted by atomic mass is 9.89. The van der Waals surface area contributed by atoms with Crippen molar-refractivity contribution < 1.29 is 0 Å². The van der Waals surface area contributed by atoms with Crippen LogP contribution in [-0.2, 0) is 0 Å². The SMILES string of the molecule is c1ccc(-c2cc(-c3ccccc3-c3nc4ccccc4c4c(-c5ccccc5)cc5nc(-c6ccccc6)c(-c6ccccc6)nc5c34)nc(-c3ccccc3)n2)cc1. The average Bonchev–Trinajstić information content (AvgIpc) is 3.34. The van der Waals surface area contributed by atoms with Gasteiger partial charge in [-0.05, 0) is 29.3 Å². The van der Waals surface area contributed by atoms with Gasteiger partial charge in [-0.3, -0.25) is 0 Å². The van der Waals surface area contributed by atoms with E-state index in [2.05, 4.69) is 164 Å². The van der Waals surface area contributed by atoms with Gasteiger partial charge in [-0.25, -0.2) is 24.9 Å². The fraction of sp³-hybridized carbons (Fsp3) is 0. The standard InChI is InChI=1S/C55H35N5/c1-6-20-36(21-7-1)44-34-48-54(60-52(39-26-12-4-13-27-39)51(57-48)38-24-10-3-11-25-38)50-49(44)43-32-18-19-33-45(43)56-53(50)42-31-17-16-30-41(42)47-35-46(37-22-8-2-9-23-37)58-55(59-47)40-28-14-5-15-29-40/h1-35H. The Morgan fingerprint density at radius 2 is 0.750 bits per heavy atom.